The van der Waals surface area contributed by atoms with Gasteiger partial charge in [-0.05, 0) is 38.0 Å². The number of aromatic nitrogens is 2. The summed E-state index contributed by atoms with van der Waals surface area (Å²) in [6.07, 6.45) is 1.62. The van der Waals surface area contributed by atoms with E-state index in [9.17, 15) is 8.42 Å². The summed E-state index contributed by atoms with van der Waals surface area (Å²) in [5.41, 5.74) is 9.24. The number of nitrogens with zero attached hydrogens (tertiary/aromatic N) is 2. The summed E-state index contributed by atoms with van der Waals surface area (Å²) in [7, 11) is -3.00. The molecule has 0 amide bonds. The van der Waals surface area contributed by atoms with E-state index >= 15 is 0 Å². The van der Waals surface area contributed by atoms with E-state index in [0.717, 1.165) is 29.0 Å². The first-order valence-corrected chi connectivity index (χ1v) is 8.78. The van der Waals surface area contributed by atoms with E-state index in [2.05, 4.69) is 9.55 Å². The summed E-state index contributed by atoms with van der Waals surface area (Å²) in [5, 5.41) is 0. The molecule has 0 fully saturated rings. The van der Waals surface area contributed by atoms with Crippen LogP contribution >= 0.6 is 0 Å². The molecule has 0 aliphatic heterocycles. The molecule has 0 bridgehead atoms. The number of rotatable bonds is 5. The smallest absolute Gasteiger partial charge is 0.147 e. The minimum atomic E-state index is -3.00. The Labute approximate surface area is 119 Å². The molecule has 20 heavy (non-hydrogen) atoms. The number of aryl methyl sites for hydroxylation is 2. The molecule has 2 aromatic rings. The predicted octanol–water partition coefficient (Wildman–Crippen LogP) is 1.80. The highest BCUT2D eigenvalue weighted by molar-refractivity contribution is 7.90. The van der Waals surface area contributed by atoms with Crippen molar-refractivity contribution in [3.05, 3.63) is 29.6 Å². The van der Waals surface area contributed by atoms with Crippen LogP contribution in [0.2, 0.25) is 0 Å². The minimum Gasteiger partial charge on any atom is -0.327 e. The van der Waals surface area contributed by atoms with Gasteiger partial charge in [0.15, 0.2) is 0 Å². The second-order valence-corrected chi connectivity index (χ2v) is 7.49. The van der Waals surface area contributed by atoms with Gasteiger partial charge in [0.2, 0.25) is 0 Å². The maximum Gasteiger partial charge on any atom is 0.147 e. The van der Waals surface area contributed by atoms with E-state index in [1.807, 2.05) is 32.0 Å². The summed E-state index contributed by atoms with van der Waals surface area (Å²) in [6, 6.07) is 5.74. The average molecular weight is 295 g/mol. The van der Waals surface area contributed by atoms with Crippen molar-refractivity contribution >= 4 is 20.9 Å². The van der Waals surface area contributed by atoms with Crippen LogP contribution in [0.3, 0.4) is 0 Å². The largest absolute Gasteiger partial charge is 0.327 e. The topological polar surface area (TPSA) is 78.0 Å². The highest BCUT2D eigenvalue weighted by atomic mass is 32.2. The van der Waals surface area contributed by atoms with Gasteiger partial charge in [0.05, 0.1) is 22.8 Å². The number of nitrogens with two attached hydrogens (primary N) is 1. The third-order valence-corrected chi connectivity index (χ3v) is 4.36. The molecule has 1 unspecified atom stereocenters. The number of benzene rings is 1. The van der Waals surface area contributed by atoms with Gasteiger partial charge in [-0.25, -0.2) is 13.4 Å². The molecule has 1 aromatic heterocycles. The van der Waals surface area contributed by atoms with Crippen LogP contribution in [0.4, 0.5) is 0 Å². The van der Waals surface area contributed by atoms with Crippen molar-refractivity contribution in [3.63, 3.8) is 0 Å². The second kappa shape index (κ2) is 5.54. The van der Waals surface area contributed by atoms with E-state index in [1.165, 1.54) is 6.26 Å². The Morgan fingerprint density at radius 3 is 2.70 bits per heavy atom. The fourth-order valence-corrected chi connectivity index (χ4v) is 3.03. The monoisotopic (exact) mass is 295 g/mol. The first-order valence-electron chi connectivity index (χ1n) is 6.72. The first kappa shape index (κ1) is 15.0. The molecule has 0 saturated carbocycles. The van der Waals surface area contributed by atoms with Crippen molar-refractivity contribution in [3.8, 4) is 0 Å². The van der Waals surface area contributed by atoms with Crippen LogP contribution in [0.15, 0.2) is 18.2 Å². The standard InChI is InChI=1S/C14H21N3O2S/c1-4-17-13-6-5-10(2)9-12(13)16-14(17)11(15)7-8-20(3,18)19/h5-6,9,11H,4,7-8,15H2,1-3H3. The molecule has 0 aliphatic rings. The van der Waals surface area contributed by atoms with E-state index in [-0.39, 0.29) is 11.8 Å². The Hall–Kier alpha value is -1.40. The van der Waals surface area contributed by atoms with Crippen molar-refractivity contribution in [2.45, 2.75) is 32.9 Å². The van der Waals surface area contributed by atoms with Crippen LogP contribution in [0.1, 0.15) is 30.8 Å². The summed E-state index contributed by atoms with van der Waals surface area (Å²) in [6.45, 7) is 4.82. The number of sulfone groups is 1. The van der Waals surface area contributed by atoms with Gasteiger partial charge in [0.1, 0.15) is 15.7 Å². The summed E-state index contributed by atoms with van der Waals surface area (Å²) < 4.78 is 24.6. The number of fused-ring (bicyclic) bond motifs is 1. The zero-order valence-corrected chi connectivity index (χ0v) is 12.9. The molecular weight excluding hydrogens is 274 g/mol. The molecular formula is C14H21N3O2S. The van der Waals surface area contributed by atoms with E-state index in [1.54, 1.807) is 0 Å². The SMILES string of the molecule is CCn1c(C(N)CCS(C)(=O)=O)nc2cc(C)ccc21. The first-order chi connectivity index (χ1) is 9.31. The Morgan fingerprint density at radius 2 is 2.10 bits per heavy atom. The van der Waals surface area contributed by atoms with Crippen LogP contribution in [0.25, 0.3) is 11.0 Å². The Kier molecular flexibility index (Phi) is 4.15. The van der Waals surface area contributed by atoms with Gasteiger partial charge in [-0.2, -0.15) is 0 Å². The van der Waals surface area contributed by atoms with Crippen molar-refractivity contribution in [2.24, 2.45) is 5.73 Å². The minimum absolute atomic E-state index is 0.0834. The van der Waals surface area contributed by atoms with Crippen molar-refractivity contribution in [1.29, 1.82) is 0 Å². The Balaban J connectivity index is 2.38. The van der Waals surface area contributed by atoms with Gasteiger partial charge in [-0.1, -0.05) is 6.07 Å². The third kappa shape index (κ3) is 3.19. The quantitative estimate of drug-likeness (QED) is 0.912. The number of imidazole rings is 1. The van der Waals surface area contributed by atoms with E-state index < -0.39 is 9.84 Å². The van der Waals surface area contributed by atoms with Crippen molar-refractivity contribution in [2.75, 3.05) is 12.0 Å². The zero-order chi connectivity index (χ0) is 14.9. The Bertz CT molecular complexity index is 719. The van der Waals surface area contributed by atoms with E-state index in [4.69, 9.17) is 5.73 Å². The number of hydrogen-bond donors (Lipinski definition) is 1. The lowest BCUT2D eigenvalue weighted by atomic mass is 10.2. The maximum atomic E-state index is 11.3. The molecule has 110 valence electrons. The lowest BCUT2D eigenvalue weighted by Gasteiger charge is -2.12. The van der Waals surface area contributed by atoms with Gasteiger partial charge in [-0.15, -0.1) is 0 Å². The average Bonchev–Trinajstić information content (AvgIpc) is 2.72. The maximum absolute atomic E-state index is 11.3. The molecule has 2 rings (SSSR count). The Morgan fingerprint density at radius 1 is 1.40 bits per heavy atom. The summed E-state index contributed by atoms with van der Waals surface area (Å²) in [5.74, 6) is 0.844. The van der Waals surface area contributed by atoms with Gasteiger partial charge < -0.3 is 10.3 Å². The van der Waals surface area contributed by atoms with Crippen LogP contribution in [0, 0.1) is 6.92 Å². The van der Waals surface area contributed by atoms with Crippen LogP contribution in [0.5, 0.6) is 0 Å². The summed E-state index contributed by atoms with van der Waals surface area (Å²) >= 11 is 0. The highest BCUT2D eigenvalue weighted by Crippen LogP contribution is 2.22. The normalized spacial score (nSPS) is 13.8. The zero-order valence-electron chi connectivity index (χ0n) is 12.1. The van der Waals surface area contributed by atoms with Gasteiger partial charge >= 0.3 is 0 Å². The molecule has 0 radical (unpaired) electrons. The molecule has 0 spiro atoms. The number of hydrogen-bond acceptors (Lipinski definition) is 4. The highest BCUT2D eigenvalue weighted by Gasteiger charge is 2.17. The molecule has 1 heterocycles. The lowest BCUT2D eigenvalue weighted by Crippen LogP contribution is -2.19. The molecule has 0 aliphatic carbocycles. The van der Waals surface area contributed by atoms with Crippen molar-refractivity contribution < 1.29 is 8.42 Å². The lowest BCUT2D eigenvalue weighted by molar-refractivity contribution is 0.573. The van der Waals surface area contributed by atoms with Gasteiger partial charge in [0.25, 0.3) is 0 Å². The molecule has 0 saturated heterocycles. The van der Waals surface area contributed by atoms with Crippen LogP contribution in [-0.4, -0.2) is 30.0 Å². The predicted molar refractivity (Wildman–Crippen MR) is 81.4 cm³/mol. The van der Waals surface area contributed by atoms with Gasteiger partial charge in [0, 0.05) is 12.8 Å². The molecule has 1 atom stereocenters. The fraction of sp³-hybridized carbons (Fsp3) is 0.500. The van der Waals surface area contributed by atoms with E-state index in [0.29, 0.717) is 6.42 Å². The third-order valence-electron chi connectivity index (χ3n) is 3.38. The molecule has 5 nitrogen and oxygen atoms in total. The molecule has 1 aromatic carbocycles. The molecule has 6 heteroatoms. The molecule has 2 N–H and O–H groups in total. The summed E-state index contributed by atoms with van der Waals surface area (Å²) in [4.78, 5) is 4.59. The van der Waals surface area contributed by atoms with Gasteiger partial charge in [-0.3, -0.25) is 0 Å². The fourth-order valence-electron chi connectivity index (χ4n) is 2.34. The van der Waals surface area contributed by atoms with Crippen LogP contribution < -0.4 is 5.73 Å². The van der Waals surface area contributed by atoms with Crippen LogP contribution in [-0.2, 0) is 16.4 Å². The van der Waals surface area contributed by atoms with Crippen molar-refractivity contribution in [1.82, 2.24) is 9.55 Å². The second-order valence-electron chi connectivity index (χ2n) is 5.23.